The second-order valence-corrected chi connectivity index (χ2v) is 5.43. The van der Waals surface area contributed by atoms with E-state index in [1.807, 2.05) is 6.07 Å². The Morgan fingerprint density at radius 1 is 1.17 bits per heavy atom. The molecule has 0 atom stereocenters. The molecule has 1 saturated heterocycles. The van der Waals surface area contributed by atoms with E-state index >= 15 is 0 Å². The molecule has 1 fully saturated rings. The molecular formula is C13H18BrFN2O. The molecule has 1 aromatic rings. The van der Waals surface area contributed by atoms with Crippen molar-refractivity contribution in [1.82, 2.24) is 9.80 Å². The molecule has 0 saturated carbocycles. The van der Waals surface area contributed by atoms with Crippen molar-refractivity contribution in [1.29, 1.82) is 0 Å². The number of piperazine rings is 1. The van der Waals surface area contributed by atoms with Gasteiger partial charge in [0.2, 0.25) is 0 Å². The highest BCUT2D eigenvalue weighted by Crippen LogP contribution is 2.20. The van der Waals surface area contributed by atoms with Crippen LogP contribution in [0.15, 0.2) is 22.7 Å². The van der Waals surface area contributed by atoms with Gasteiger partial charge in [0, 0.05) is 43.7 Å². The summed E-state index contributed by atoms with van der Waals surface area (Å²) in [4.78, 5) is 4.61. The van der Waals surface area contributed by atoms with Crippen LogP contribution in [-0.2, 0) is 6.54 Å². The average molecular weight is 317 g/mol. The molecule has 0 amide bonds. The van der Waals surface area contributed by atoms with Gasteiger partial charge in [-0.1, -0.05) is 22.0 Å². The minimum absolute atomic E-state index is 0.210. The van der Waals surface area contributed by atoms with E-state index in [0.717, 1.165) is 49.3 Å². The zero-order chi connectivity index (χ0) is 13.0. The van der Waals surface area contributed by atoms with E-state index in [1.165, 1.54) is 12.1 Å². The highest BCUT2D eigenvalue weighted by molar-refractivity contribution is 9.10. The first-order valence-electron chi connectivity index (χ1n) is 6.18. The summed E-state index contributed by atoms with van der Waals surface area (Å²) in [7, 11) is 0. The topological polar surface area (TPSA) is 26.7 Å². The Morgan fingerprint density at radius 3 is 2.44 bits per heavy atom. The molecule has 100 valence electrons. The number of nitrogens with zero attached hydrogens (tertiary/aromatic N) is 2. The quantitative estimate of drug-likeness (QED) is 0.916. The molecule has 0 bridgehead atoms. The van der Waals surface area contributed by atoms with E-state index in [4.69, 9.17) is 5.11 Å². The number of benzene rings is 1. The second kappa shape index (κ2) is 6.61. The number of aliphatic hydroxyl groups excluding tert-OH is 1. The fourth-order valence-electron chi connectivity index (χ4n) is 2.20. The SMILES string of the molecule is OCCN1CCN(Cc2ccc(F)cc2Br)CC1. The first-order chi connectivity index (χ1) is 8.69. The Balaban J connectivity index is 1.87. The van der Waals surface area contributed by atoms with Gasteiger partial charge in [-0.3, -0.25) is 9.80 Å². The van der Waals surface area contributed by atoms with Gasteiger partial charge in [0.05, 0.1) is 6.61 Å². The molecule has 18 heavy (non-hydrogen) atoms. The van der Waals surface area contributed by atoms with Crippen LogP contribution in [0.1, 0.15) is 5.56 Å². The standard InChI is InChI=1S/C13H18BrFN2O/c14-13-9-12(15)2-1-11(13)10-17-5-3-16(4-6-17)7-8-18/h1-2,9,18H,3-8,10H2. The van der Waals surface area contributed by atoms with Crippen molar-refractivity contribution >= 4 is 15.9 Å². The lowest BCUT2D eigenvalue weighted by Crippen LogP contribution is -2.46. The monoisotopic (exact) mass is 316 g/mol. The van der Waals surface area contributed by atoms with Gasteiger partial charge in [-0.2, -0.15) is 0 Å². The van der Waals surface area contributed by atoms with Gasteiger partial charge in [-0.05, 0) is 17.7 Å². The van der Waals surface area contributed by atoms with Crippen LogP contribution >= 0.6 is 15.9 Å². The summed E-state index contributed by atoms with van der Waals surface area (Å²) in [6, 6.07) is 4.85. The number of rotatable bonds is 4. The van der Waals surface area contributed by atoms with Crippen LogP contribution in [0.5, 0.6) is 0 Å². The first-order valence-corrected chi connectivity index (χ1v) is 6.98. The zero-order valence-electron chi connectivity index (χ0n) is 10.3. The number of aliphatic hydroxyl groups is 1. The van der Waals surface area contributed by atoms with Crippen LogP contribution < -0.4 is 0 Å². The van der Waals surface area contributed by atoms with Crippen molar-refractivity contribution < 1.29 is 9.50 Å². The molecule has 3 nitrogen and oxygen atoms in total. The predicted octanol–water partition coefficient (Wildman–Crippen LogP) is 1.70. The van der Waals surface area contributed by atoms with Crippen LogP contribution in [0.3, 0.4) is 0 Å². The third-order valence-corrected chi connectivity index (χ3v) is 4.03. The Morgan fingerprint density at radius 2 is 1.83 bits per heavy atom. The van der Waals surface area contributed by atoms with Crippen molar-refractivity contribution in [3.8, 4) is 0 Å². The van der Waals surface area contributed by atoms with Crippen molar-refractivity contribution in [3.05, 3.63) is 34.1 Å². The summed E-state index contributed by atoms with van der Waals surface area (Å²) in [6.07, 6.45) is 0. The van der Waals surface area contributed by atoms with E-state index in [0.29, 0.717) is 0 Å². The highest BCUT2D eigenvalue weighted by Gasteiger charge is 2.17. The minimum Gasteiger partial charge on any atom is -0.395 e. The van der Waals surface area contributed by atoms with Crippen molar-refractivity contribution in [3.63, 3.8) is 0 Å². The molecule has 1 N–H and O–H groups in total. The maximum absolute atomic E-state index is 13.0. The van der Waals surface area contributed by atoms with E-state index in [2.05, 4.69) is 25.7 Å². The lowest BCUT2D eigenvalue weighted by Gasteiger charge is -2.34. The Bertz CT molecular complexity index is 395. The molecular weight excluding hydrogens is 299 g/mol. The van der Waals surface area contributed by atoms with E-state index < -0.39 is 0 Å². The summed E-state index contributed by atoms with van der Waals surface area (Å²) in [6.45, 7) is 5.78. The van der Waals surface area contributed by atoms with Gasteiger partial charge < -0.3 is 5.11 Å². The minimum atomic E-state index is -0.210. The van der Waals surface area contributed by atoms with Crippen LogP contribution in [0.2, 0.25) is 0 Å². The molecule has 0 aliphatic carbocycles. The highest BCUT2D eigenvalue weighted by atomic mass is 79.9. The number of hydrogen-bond donors (Lipinski definition) is 1. The summed E-state index contributed by atoms with van der Waals surface area (Å²) in [5.41, 5.74) is 1.12. The molecule has 1 aliphatic rings. The van der Waals surface area contributed by atoms with Crippen LogP contribution in [0.25, 0.3) is 0 Å². The number of halogens is 2. The van der Waals surface area contributed by atoms with E-state index in [1.54, 1.807) is 0 Å². The number of β-amino-alcohol motifs (C(OH)–C–C–N with tert-alkyl or cyclic N) is 1. The first kappa shape index (κ1) is 13.9. The molecule has 5 heteroatoms. The Kier molecular flexibility index (Phi) is 5.12. The van der Waals surface area contributed by atoms with Gasteiger partial charge in [0.1, 0.15) is 5.82 Å². The molecule has 0 unspecified atom stereocenters. The molecule has 1 aromatic carbocycles. The maximum atomic E-state index is 13.0. The second-order valence-electron chi connectivity index (χ2n) is 4.58. The molecule has 0 spiro atoms. The maximum Gasteiger partial charge on any atom is 0.124 e. The van der Waals surface area contributed by atoms with Gasteiger partial charge in [-0.25, -0.2) is 4.39 Å². The number of hydrogen-bond acceptors (Lipinski definition) is 3. The van der Waals surface area contributed by atoms with Gasteiger partial charge in [-0.15, -0.1) is 0 Å². The summed E-state index contributed by atoms with van der Waals surface area (Å²) in [5.74, 6) is -0.210. The fraction of sp³-hybridized carbons (Fsp3) is 0.538. The molecule has 1 heterocycles. The van der Waals surface area contributed by atoms with Crippen LogP contribution in [-0.4, -0.2) is 54.2 Å². The average Bonchev–Trinajstić information content (AvgIpc) is 2.35. The molecule has 1 aliphatic heterocycles. The van der Waals surface area contributed by atoms with E-state index in [-0.39, 0.29) is 12.4 Å². The molecule has 0 radical (unpaired) electrons. The van der Waals surface area contributed by atoms with Gasteiger partial charge in [0.15, 0.2) is 0 Å². The lowest BCUT2D eigenvalue weighted by molar-refractivity contribution is 0.108. The Hall–Kier alpha value is -0.490. The summed E-state index contributed by atoms with van der Waals surface area (Å²) >= 11 is 3.40. The Labute approximate surface area is 115 Å². The third kappa shape index (κ3) is 3.75. The fourth-order valence-corrected chi connectivity index (χ4v) is 2.68. The van der Waals surface area contributed by atoms with Gasteiger partial charge in [0.25, 0.3) is 0 Å². The molecule has 2 rings (SSSR count). The van der Waals surface area contributed by atoms with Crippen LogP contribution in [0, 0.1) is 5.82 Å². The van der Waals surface area contributed by atoms with Gasteiger partial charge >= 0.3 is 0 Å². The zero-order valence-corrected chi connectivity index (χ0v) is 11.9. The smallest absolute Gasteiger partial charge is 0.124 e. The predicted molar refractivity (Wildman–Crippen MR) is 72.9 cm³/mol. The lowest BCUT2D eigenvalue weighted by atomic mass is 10.2. The van der Waals surface area contributed by atoms with Crippen molar-refractivity contribution in [2.75, 3.05) is 39.3 Å². The van der Waals surface area contributed by atoms with Crippen molar-refractivity contribution in [2.45, 2.75) is 6.54 Å². The summed E-state index contributed by atoms with van der Waals surface area (Å²) in [5, 5.41) is 8.89. The summed E-state index contributed by atoms with van der Waals surface area (Å²) < 4.78 is 13.8. The van der Waals surface area contributed by atoms with Crippen LogP contribution in [0.4, 0.5) is 4.39 Å². The third-order valence-electron chi connectivity index (χ3n) is 3.29. The largest absolute Gasteiger partial charge is 0.395 e. The molecule has 0 aromatic heterocycles. The normalized spacial score (nSPS) is 18.2. The van der Waals surface area contributed by atoms with Crippen molar-refractivity contribution in [2.24, 2.45) is 0 Å². The van der Waals surface area contributed by atoms with E-state index in [9.17, 15) is 4.39 Å².